The minimum absolute atomic E-state index is 0.248. The van der Waals surface area contributed by atoms with Gasteiger partial charge in [0.05, 0.1) is 5.75 Å². The van der Waals surface area contributed by atoms with Crippen LogP contribution in [0.2, 0.25) is 0 Å². The second kappa shape index (κ2) is 6.64. The van der Waals surface area contributed by atoms with Crippen LogP contribution in [0, 0.1) is 0 Å². The van der Waals surface area contributed by atoms with E-state index in [9.17, 15) is 4.79 Å². The van der Waals surface area contributed by atoms with Crippen molar-refractivity contribution < 1.29 is 4.79 Å². The van der Waals surface area contributed by atoms with Gasteiger partial charge in [-0.2, -0.15) is 0 Å². The van der Waals surface area contributed by atoms with Crippen LogP contribution < -0.4 is 0 Å². The van der Waals surface area contributed by atoms with E-state index in [1.807, 2.05) is 0 Å². The highest BCUT2D eigenvalue weighted by atomic mass is 32.2. The van der Waals surface area contributed by atoms with Crippen molar-refractivity contribution in [3.05, 3.63) is 16.8 Å². The Hall–Kier alpha value is -1.14. The number of carbonyl (C=O) groups excluding carboxylic acids is 1. The quantitative estimate of drug-likeness (QED) is 0.611. The SMILES string of the molecule is CC1CCCC(C)N1C(=O)CSc1ncnc2sc3c(c12)CCC3. The number of thiophene rings is 1. The maximum absolute atomic E-state index is 12.8. The molecule has 2 aliphatic rings. The number of thioether (sulfide) groups is 1. The third-order valence-corrected chi connectivity index (χ3v) is 7.45. The van der Waals surface area contributed by atoms with Crippen molar-refractivity contribution in [2.75, 3.05) is 5.75 Å². The molecule has 0 saturated carbocycles. The Balaban J connectivity index is 1.54. The Morgan fingerprint density at radius 1 is 1.25 bits per heavy atom. The summed E-state index contributed by atoms with van der Waals surface area (Å²) in [6.45, 7) is 4.35. The summed E-state index contributed by atoms with van der Waals surface area (Å²) < 4.78 is 0. The van der Waals surface area contributed by atoms with E-state index in [-0.39, 0.29) is 5.91 Å². The van der Waals surface area contributed by atoms with E-state index < -0.39 is 0 Å². The maximum atomic E-state index is 12.8. The summed E-state index contributed by atoms with van der Waals surface area (Å²) in [6.07, 6.45) is 8.65. The molecular weight excluding hydrogens is 338 g/mol. The summed E-state index contributed by atoms with van der Waals surface area (Å²) in [5, 5.41) is 2.21. The lowest BCUT2D eigenvalue weighted by molar-refractivity contribution is -0.134. The number of hydrogen-bond acceptors (Lipinski definition) is 5. The molecular formula is C18H23N3OS2. The maximum Gasteiger partial charge on any atom is 0.233 e. The van der Waals surface area contributed by atoms with Crippen LogP contribution in [0.15, 0.2) is 11.4 Å². The molecule has 0 aromatic carbocycles. The molecule has 1 saturated heterocycles. The fourth-order valence-corrected chi connectivity index (χ4v) is 6.32. The number of aromatic nitrogens is 2. The molecule has 0 bridgehead atoms. The molecule has 2 aromatic rings. The van der Waals surface area contributed by atoms with E-state index in [1.54, 1.807) is 29.4 Å². The number of nitrogens with zero attached hydrogens (tertiary/aromatic N) is 3. The first kappa shape index (κ1) is 16.3. The fraction of sp³-hybridized carbons (Fsp3) is 0.611. The molecule has 0 N–H and O–H groups in total. The van der Waals surface area contributed by atoms with Crippen molar-refractivity contribution in [2.45, 2.75) is 69.5 Å². The predicted molar refractivity (Wildman–Crippen MR) is 99.8 cm³/mol. The van der Waals surface area contributed by atoms with Gasteiger partial charge in [-0.25, -0.2) is 9.97 Å². The van der Waals surface area contributed by atoms with Crippen molar-refractivity contribution in [3.63, 3.8) is 0 Å². The highest BCUT2D eigenvalue weighted by Crippen LogP contribution is 2.40. The molecule has 0 radical (unpaired) electrons. The van der Waals surface area contributed by atoms with Crippen molar-refractivity contribution in [1.29, 1.82) is 0 Å². The lowest BCUT2D eigenvalue weighted by Crippen LogP contribution is -2.48. The van der Waals surface area contributed by atoms with Gasteiger partial charge in [0.1, 0.15) is 16.2 Å². The lowest BCUT2D eigenvalue weighted by Gasteiger charge is -2.39. The Bertz CT molecular complexity index is 763. The summed E-state index contributed by atoms with van der Waals surface area (Å²) in [4.78, 5) is 26.4. The van der Waals surface area contributed by atoms with Gasteiger partial charge in [-0.05, 0) is 57.9 Å². The molecule has 1 aliphatic heterocycles. The smallest absolute Gasteiger partial charge is 0.233 e. The number of rotatable bonds is 3. The van der Waals surface area contributed by atoms with Crippen LogP contribution >= 0.6 is 23.1 Å². The minimum atomic E-state index is 0.248. The van der Waals surface area contributed by atoms with Crippen LogP contribution in [0.4, 0.5) is 0 Å². The predicted octanol–water partition coefficient (Wildman–Crippen LogP) is 4.06. The highest BCUT2D eigenvalue weighted by molar-refractivity contribution is 8.00. The van der Waals surface area contributed by atoms with Gasteiger partial charge in [0.2, 0.25) is 5.91 Å². The van der Waals surface area contributed by atoms with Gasteiger partial charge in [-0.3, -0.25) is 4.79 Å². The van der Waals surface area contributed by atoms with Crippen LogP contribution in [0.1, 0.15) is 50.0 Å². The molecule has 3 heterocycles. The van der Waals surface area contributed by atoms with Crippen molar-refractivity contribution >= 4 is 39.2 Å². The van der Waals surface area contributed by atoms with Crippen LogP contribution in [-0.4, -0.2) is 38.6 Å². The highest BCUT2D eigenvalue weighted by Gasteiger charge is 2.29. The molecule has 2 unspecified atom stereocenters. The van der Waals surface area contributed by atoms with Gasteiger partial charge in [-0.1, -0.05) is 11.8 Å². The van der Waals surface area contributed by atoms with Gasteiger partial charge in [0.25, 0.3) is 0 Å². The molecule has 2 aromatic heterocycles. The topological polar surface area (TPSA) is 46.1 Å². The third kappa shape index (κ3) is 2.84. The van der Waals surface area contributed by atoms with E-state index in [1.165, 1.54) is 35.1 Å². The molecule has 1 aliphatic carbocycles. The molecule has 24 heavy (non-hydrogen) atoms. The number of hydrogen-bond donors (Lipinski definition) is 0. The summed E-state index contributed by atoms with van der Waals surface area (Å²) in [5.41, 5.74) is 1.44. The summed E-state index contributed by atoms with van der Waals surface area (Å²) in [6, 6.07) is 0.718. The standard InChI is InChI=1S/C18H23N3OS2/c1-11-5-3-6-12(2)21(11)15(22)9-23-17-16-13-7-4-8-14(13)24-18(16)20-10-19-17/h10-12H,3-9H2,1-2H3. The minimum Gasteiger partial charge on any atom is -0.337 e. The second-order valence-electron chi connectivity index (χ2n) is 6.93. The van der Waals surface area contributed by atoms with Gasteiger partial charge in [-0.15, -0.1) is 11.3 Å². The first-order chi connectivity index (χ1) is 11.6. The number of fused-ring (bicyclic) bond motifs is 3. The van der Waals surface area contributed by atoms with E-state index in [0.717, 1.165) is 29.1 Å². The molecule has 1 fully saturated rings. The largest absolute Gasteiger partial charge is 0.337 e. The van der Waals surface area contributed by atoms with Crippen molar-refractivity contribution in [3.8, 4) is 0 Å². The first-order valence-electron chi connectivity index (χ1n) is 8.84. The van der Waals surface area contributed by atoms with Crippen LogP contribution in [0.5, 0.6) is 0 Å². The van der Waals surface area contributed by atoms with Gasteiger partial charge >= 0.3 is 0 Å². The Kier molecular flexibility index (Phi) is 4.52. The van der Waals surface area contributed by atoms with Crippen molar-refractivity contribution in [2.24, 2.45) is 0 Å². The molecule has 128 valence electrons. The van der Waals surface area contributed by atoms with E-state index in [4.69, 9.17) is 0 Å². The normalized spacial score (nSPS) is 23.7. The average molecular weight is 362 g/mol. The first-order valence-corrected chi connectivity index (χ1v) is 10.6. The third-order valence-electron chi connectivity index (χ3n) is 5.28. The zero-order chi connectivity index (χ0) is 16.7. The number of amides is 1. The van der Waals surface area contributed by atoms with Gasteiger partial charge < -0.3 is 4.90 Å². The zero-order valence-corrected chi connectivity index (χ0v) is 15.9. The molecule has 0 spiro atoms. The number of aryl methyl sites for hydroxylation is 2. The number of piperidine rings is 1. The van der Waals surface area contributed by atoms with Gasteiger partial charge in [0, 0.05) is 22.3 Å². The molecule has 6 heteroatoms. The summed E-state index contributed by atoms with van der Waals surface area (Å²) in [5.74, 6) is 0.726. The molecule has 2 atom stereocenters. The second-order valence-corrected chi connectivity index (χ2v) is 8.98. The number of likely N-dealkylation sites (tertiary alicyclic amines) is 1. The van der Waals surface area contributed by atoms with Crippen LogP contribution in [-0.2, 0) is 17.6 Å². The Morgan fingerprint density at radius 3 is 2.83 bits per heavy atom. The summed E-state index contributed by atoms with van der Waals surface area (Å²) >= 11 is 3.39. The summed E-state index contributed by atoms with van der Waals surface area (Å²) in [7, 11) is 0. The van der Waals surface area contributed by atoms with Crippen LogP contribution in [0.3, 0.4) is 0 Å². The fourth-order valence-electron chi connectivity index (χ4n) is 4.13. The molecule has 4 rings (SSSR count). The van der Waals surface area contributed by atoms with E-state index in [0.29, 0.717) is 17.8 Å². The molecule has 4 nitrogen and oxygen atoms in total. The monoisotopic (exact) mass is 361 g/mol. The van der Waals surface area contributed by atoms with Crippen LogP contribution in [0.25, 0.3) is 10.2 Å². The van der Waals surface area contributed by atoms with Gasteiger partial charge in [0.15, 0.2) is 0 Å². The van der Waals surface area contributed by atoms with E-state index >= 15 is 0 Å². The Morgan fingerprint density at radius 2 is 2.04 bits per heavy atom. The average Bonchev–Trinajstić information content (AvgIpc) is 3.13. The zero-order valence-electron chi connectivity index (χ0n) is 14.2. The Labute approximate surface area is 151 Å². The van der Waals surface area contributed by atoms with E-state index in [2.05, 4.69) is 28.7 Å². The number of carbonyl (C=O) groups is 1. The lowest BCUT2D eigenvalue weighted by atomic mass is 9.98. The van der Waals surface area contributed by atoms with Crippen molar-refractivity contribution in [1.82, 2.24) is 14.9 Å². The molecule has 1 amide bonds.